The van der Waals surface area contributed by atoms with Gasteiger partial charge in [-0.15, -0.1) is 11.3 Å². The summed E-state index contributed by atoms with van der Waals surface area (Å²) in [6.45, 7) is -0.214. The molecule has 1 heterocycles. The summed E-state index contributed by atoms with van der Waals surface area (Å²) in [5.41, 5.74) is 0.378. The molecule has 132 valence electrons. The van der Waals surface area contributed by atoms with Crippen LogP contribution in [0.3, 0.4) is 0 Å². The number of esters is 1. The monoisotopic (exact) mass is 380 g/mol. The van der Waals surface area contributed by atoms with E-state index in [-0.39, 0.29) is 19.1 Å². The second-order valence-corrected chi connectivity index (χ2v) is 6.50. The Morgan fingerprint density at radius 2 is 1.84 bits per heavy atom. The van der Waals surface area contributed by atoms with Crippen molar-refractivity contribution < 1.29 is 19.1 Å². The number of carbonyl (C=O) groups excluding carboxylic acids is 3. The molecule has 2 amide bonds. The van der Waals surface area contributed by atoms with E-state index >= 15 is 0 Å². The highest BCUT2D eigenvalue weighted by atomic mass is 35.5. The van der Waals surface area contributed by atoms with E-state index in [0.717, 1.165) is 6.42 Å². The zero-order valence-electron chi connectivity index (χ0n) is 13.3. The highest BCUT2D eigenvalue weighted by molar-refractivity contribution is 7.09. The Morgan fingerprint density at radius 3 is 2.52 bits per heavy atom. The first kappa shape index (κ1) is 19.0. The molecule has 0 fully saturated rings. The van der Waals surface area contributed by atoms with Crippen LogP contribution in [-0.2, 0) is 20.7 Å². The Bertz CT molecular complexity index is 717. The van der Waals surface area contributed by atoms with E-state index in [1.54, 1.807) is 35.6 Å². The van der Waals surface area contributed by atoms with E-state index in [1.165, 1.54) is 4.88 Å². The van der Waals surface area contributed by atoms with E-state index in [2.05, 4.69) is 10.6 Å². The lowest BCUT2D eigenvalue weighted by Gasteiger charge is -2.07. The molecule has 6 nitrogen and oxygen atoms in total. The van der Waals surface area contributed by atoms with Crippen LogP contribution in [0.2, 0.25) is 5.02 Å². The van der Waals surface area contributed by atoms with Crippen LogP contribution < -0.4 is 10.6 Å². The molecule has 1 aromatic heterocycles. The summed E-state index contributed by atoms with van der Waals surface area (Å²) in [6.07, 6.45) is 0.731. The number of halogens is 1. The Kier molecular flexibility index (Phi) is 7.43. The minimum absolute atomic E-state index is 0.316. The molecule has 0 radical (unpaired) electrons. The maximum absolute atomic E-state index is 11.8. The van der Waals surface area contributed by atoms with Gasteiger partial charge >= 0.3 is 5.97 Å². The molecule has 0 saturated carbocycles. The van der Waals surface area contributed by atoms with Gasteiger partial charge in [0.25, 0.3) is 11.8 Å². The van der Waals surface area contributed by atoms with Gasteiger partial charge in [-0.1, -0.05) is 17.7 Å². The summed E-state index contributed by atoms with van der Waals surface area (Å²) < 4.78 is 4.81. The van der Waals surface area contributed by atoms with Gasteiger partial charge in [0, 0.05) is 22.0 Å². The highest BCUT2D eigenvalue weighted by Gasteiger charge is 2.10. The number of thiophene rings is 1. The Labute approximate surface area is 154 Å². The van der Waals surface area contributed by atoms with Crippen LogP contribution in [-0.4, -0.2) is 37.5 Å². The van der Waals surface area contributed by atoms with Crippen molar-refractivity contribution in [3.63, 3.8) is 0 Å². The van der Waals surface area contributed by atoms with Crippen molar-refractivity contribution in [2.75, 3.05) is 19.7 Å². The summed E-state index contributed by atoms with van der Waals surface area (Å²) in [6, 6.07) is 10.2. The van der Waals surface area contributed by atoms with Crippen molar-refractivity contribution in [1.29, 1.82) is 0 Å². The fraction of sp³-hybridized carbons (Fsp3) is 0.235. The average molecular weight is 381 g/mol. The molecule has 0 aliphatic rings. The van der Waals surface area contributed by atoms with Crippen molar-refractivity contribution in [3.8, 4) is 0 Å². The van der Waals surface area contributed by atoms with E-state index in [0.29, 0.717) is 17.1 Å². The minimum Gasteiger partial charge on any atom is -0.454 e. The maximum Gasteiger partial charge on any atom is 0.325 e. The van der Waals surface area contributed by atoms with Crippen molar-refractivity contribution in [2.24, 2.45) is 0 Å². The Morgan fingerprint density at radius 1 is 1.08 bits per heavy atom. The molecule has 25 heavy (non-hydrogen) atoms. The van der Waals surface area contributed by atoms with Crippen molar-refractivity contribution in [3.05, 3.63) is 57.2 Å². The third-order valence-corrected chi connectivity index (χ3v) is 4.33. The molecule has 0 aliphatic heterocycles. The molecule has 0 unspecified atom stereocenters. The van der Waals surface area contributed by atoms with Crippen molar-refractivity contribution in [1.82, 2.24) is 10.6 Å². The first-order chi connectivity index (χ1) is 12.0. The van der Waals surface area contributed by atoms with Crippen molar-refractivity contribution in [2.45, 2.75) is 6.42 Å². The molecule has 2 N–H and O–H groups in total. The quantitative estimate of drug-likeness (QED) is 0.686. The van der Waals surface area contributed by atoms with E-state index in [1.807, 2.05) is 17.5 Å². The lowest BCUT2D eigenvalue weighted by molar-refractivity contribution is -0.147. The molecule has 1 aromatic carbocycles. The van der Waals surface area contributed by atoms with Crippen LogP contribution in [0.5, 0.6) is 0 Å². The van der Waals surface area contributed by atoms with Gasteiger partial charge in [-0.2, -0.15) is 0 Å². The molecular formula is C17H17ClN2O4S. The molecule has 8 heteroatoms. The molecule has 2 aromatic rings. The molecule has 0 saturated heterocycles. The molecule has 0 atom stereocenters. The number of amides is 2. The predicted molar refractivity (Wildman–Crippen MR) is 95.8 cm³/mol. The van der Waals surface area contributed by atoms with Gasteiger partial charge < -0.3 is 15.4 Å². The zero-order chi connectivity index (χ0) is 18.1. The molecule has 0 aliphatic carbocycles. The van der Waals surface area contributed by atoms with Gasteiger partial charge in [-0.3, -0.25) is 14.4 Å². The normalized spacial score (nSPS) is 10.1. The number of rotatable bonds is 8. The number of benzene rings is 1. The largest absolute Gasteiger partial charge is 0.454 e. The lowest BCUT2D eigenvalue weighted by atomic mass is 10.2. The summed E-state index contributed by atoms with van der Waals surface area (Å²) in [5.74, 6) is -1.49. The summed E-state index contributed by atoms with van der Waals surface area (Å²) in [5, 5.41) is 7.56. The van der Waals surface area contributed by atoms with E-state index in [4.69, 9.17) is 16.3 Å². The number of hydrogen-bond donors (Lipinski definition) is 2. The molecule has 0 spiro atoms. The van der Waals surface area contributed by atoms with Gasteiger partial charge in [0.15, 0.2) is 6.61 Å². The second-order valence-electron chi connectivity index (χ2n) is 5.03. The standard InChI is InChI=1S/C17H17ClN2O4S/c18-13-5-3-12(4-6-13)17(23)20-10-16(22)24-11-15(21)19-8-7-14-2-1-9-25-14/h1-6,9H,7-8,10-11H2,(H,19,21)(H,20,23). The van der Waals surface area contributed by atoms with Crippen LogP contribution >= 0.6 is 22.9 Å². The topological polar surface area (TPSA) is 84.5 Å². The number of ether oxygens (including phenoxy) is 1. The molecular weight excluding hydrogens is 364 g/mol. The van der Waals surface area contributed by atoms with Crippen LogP contribution in [0.25, 0.3) is 0 Å². The van der Waals surface area contributed by atoms with E-state index in [9.17, 15) is 14.4 Å². The summed E-state index contributed by atoms with van der Waals surface area (Å²) >= 11 is 7.35. The third kappa shape index (κ3) is 6.94. The average Bonchev–Trinajstić information content (AvgIpc) is 3.12. The first-order valence-corrected chi connectivity index (χ1v) is 8.79. The first-order valence-electron chi connectivity index (χ1n) is 7.53. The summed E-state index contributed by atoms with van der Waals surface area (Å²) in [7, 11) is 0. The van der Waals surface area contributed by atoms with E-state index < -0.39 is 11.9 Å². The van der Waals surface area contributed by atoms with Crippen LogP contribution in [0.4, 0.5) is 0 Å². The molecule has 0 bridgehead atoms. The number of hydrogen-bond acceptors (Lipinski definition) is 5. The highest BCUT2D eigenvalue weighted by Crippen LogP contribution is 2.09. The second kappa shape index (κ2) is 9.80. The lowest BCUT2D eigenvalue weighted by Crippen LogP contribution is -2.34. The fourth-order valence-corrected chi connectivity index (χ4v) is 2.72. The number of nitrogens with one attached hydrogen (secondary N) is 2. The van der Waals surface area contributed by atoms with Crippen LogP contribution in [0, 0.1) is 0 Å². The summed E-state index contributed by atoms with van der Waals surface area (Å²) in [4.78, 5) is 36.1. The maximum atomic E-state index is 11.8. The van der Waals surface area contributed by atoms with Gasteiger partial charge in [0.05, 0.1) is 0 Å². The van der Waals surface area contributed by atoms with Gasteiger partial charge in [-0.05, 0) is 42.1 Å². The molecule has 2 rings (SSSR count). The predicted octanol–water partition coefficient (Wildman–Crippen LogP) is 2.03. The SMILES string of the molecule is O=C(COC(=O)CNC(=O)c1ccc(Cl)cc1)NCCc1cccs1. The van der Waals surface area contributed by atoms with Gasteiger partial charge in [-0.25, -0.2) is 0 Å². The Hall–Kier alpha value is -2.38. The Balaban J connectivity index is 1.60. The fourth-order valence-electron chi connectivity index (χ4n) is 1.88. The van der Waals surface area contributed by atoms with Crippen LogP contribution in [0.1, 0.15) is 15.2 Å². The smallest absolute Gasteiger partial charge is 0.325 e. The van der Waals surface area contributed by atoms with Gasteiger partial charge in [0.2, 0.25) is 0 Å². The zero-order valence-corrected chi connectivity index (χ0v) is 14.9. The van der Waals surface area contributed by atoms with Gasteiger partial charge in [0.1, 0.15) is 6.54 Å². The minimum atomic E-state index is -0.685. The van der Waals surface area contributed by atoms with Crippen LogP contribution in [0.15, 0.2) is 41.8 Å². The van der Waals surface area contributed by atoms with Crippen molar-refractivity contribution >= 4 is 40.7 Å². The number of carbonyl (C=O) groups is 3. The third-order valence-electron chi connectivity index (χ3n) is 3.14.